The van der Waals surface area contributed by atoms with E-state index in [1.165, 1.54) is 45.4 Å². The van der Waals surface area contributed by atoms with Crippen LogP contribution in [-0.4, -0.2) is 48.8 Å². The van der Waals surface area contributed by atoms with Crippen LogP contribution in [-0.2, 0) is 25.2 Å². The van der Waals surface area contributed by atoms with E-state index in [0.29, 0.717) is 0 Å². The number of alkyl halides is 3. The van der Waals surface area contributed by atoms with Crippen molar-refractivity contribution in [3.8, 4) is 17.2 Å². The van der Waals surface area contributed by atoms with Gasteiger partial charge in [0.1, 0.15) is 18.0 Å². The van der Waals surface area contributed by atoms with E-state index in [-0.39, 0.29) is 35.3 Å². The maximum atomic E-state index is 13.1. The van der Waals surface area contributed by atoms with Gasteiger partial charge >= 0.3 is 18.1 Å². The fourth-order valence-corrected chi connectivity index (χ4v) is 3.60. The average molecular weight is 556 g/mol. The summed E-state index contributed by atoms with van der Waals surface area (Å²) in [5, 5.41) is 0. The normalized spacial score (nSPS) is 13.7. The van der Waals surface area contributed by atoms with Gasteiger partial charge in [-0.15, -0.1) is 0 Å². The molecule has 0 unspecified atom stereocenters. The lowest BCUT2D eigenvalue weighted by atomic mass is 10.0. The summed E-state index contributed by atoms with van der Waals surface area (Å²) in [7, 11) is 1.36. The number of ether oxygens (including phenoxy) is 5. The predicted molar refractivity (Wildman–Crippen MR) is 132 cm³/mol. The first kappa shape index (κ1) is 31.4. The maximum absolute atomic E-state index is 13.1. The molecule has 0 radical (unpaired) electrons. The fourth-order valence-electron chi connectivity index (χ4n) is 3.60. The van der Waals surface area contributed by atoms with Crippen LogP contribution >= 0.6 is 0 Å². The van der Waals surface area contributed by atoms with Gasteiger partial charge in [-0.1, -0.05) is 26.8 Å². The van der Waals surface area contributed by atoms with E-state index >= 15 is 0 Å². The van der Waals surface area contributed by atoms with Crippen LogP contribution < -0.4 is 14.2 Å². The highest BCUT2D eigenvalue weighted by molar-refractivity contribution is 5.99. The predicted octanol–water partition coefficient (Wildman–Crippen LogP) is 5.25. The number of aromatic nitrogens is 1. The summed E-state index contributed by atoms with van der Waals surface area (Å²) in [6.07, 6.45) is -5.11. The number of esters is 2. The third-order valence-electron chi connectivity index (χ3n) is 5.57. The van der Waals surface area contributed by atoms with Gasteiger partial charge in [0.2, 0.25) is 6.79 Å². The minimum absolute atomic E-state index is 0.0139. The lowest BCUT2D eigenvalue weighted by Gasteiger charge is -2.29. The highest BCUT2D eigenvalue weighted by Crippen LogP contribution is 2.33. The Morgan fingerprint density at radius 3 is 2.33 bits per heavy atom. The molecule has 0 amide bonds. The number of rotatable bonds is 13. The van der Waals surface area contributed by atoms with E-state index < -0.39 is 54.4 Å². The summed E-state index contributed by atoms with van der Waals surface area (Å²) in [4.78, 5) is 40.9. The number of methoxy groups -OCH3 is 1. The van der Waals surface area contributed by atoms with Crippen molar-refractivity contribution in [2.75, 3.05) is 13.9 Å². The molecule has 2 aromatic rings. The second-order valence-electron chi connectivity index (χ2n) is 9.11. The van der Waals surface area contributed by atoms with Gasteiger partial charge in [-0.25, -0.2) is 4.98 Å². The van der Waals surface area contributed by atoms with Crippen LogP contribution in [0, 0.1) is 11.8 Å². The monoisotopic (exact) mass is 555 g/mol. The summed E-state index contributed by atoms with van der Waals surface area (Å²) in [5.74, 6) is -2.87. The lowest BCUT2D eigenvalue weighted by Crippen LogP contribution is -2.39. The molecule has 0 saturated carbocycles. The smallest absolute Gasteiger partial charge is 0.416 e. The molecule has 39 heavy (non-hydrogen) atoms. The molecule has 1 aromatic carbocycles. The van der Waals surface area contributed by atoms with Crippen molar-refractivity contribution in [3.63, 3.8) is 0 Å². The maximum Gasteiger partial charge on any atom is 0.416 e. The van der Waals surface area contributed by atoms with Crippen LogP contribution in [0.4, 0.5) is 13.2 Å². The van der Waals surface area contributed by atoms with E-state index in [1.54, 1.807) is 20.8 Å². The van der Waals surface area contributed by atoms with Crippen LogP contribution in [0.1, 0.15) is 57.1 Å². The number of hydrogen-bond donors (Lipinski definition) is 0. The molecule has 12 heteroatoms. The summed E-state index contributed by atoms with van der Waals surface area (Å²) >= 11 is 0. The summed E-state index contributed by atoms with van der Waals surface area (Å²) in [6.45, 7) is 7.33. The van der Waals surface area contributed by atoms with Gasteiger partial charge in [0.15, 0.2) is 23.0 Å². The van der Waals surface area contributed by atoms with Crippen molar-refractivity contribution in [1.29, 1.82) is 0 Å². The SMILES string of the molecule is COc1ccnc(C(=O)C[C@@H](C)C(=O)O[C@@H](C)[C@@H](Oc2cccc(C(F)(F)F)c2)C(C)C)c1OCOC(C)=O. The number of benzene rings is 1. The number of ketones is 1. The van der Waals surface area contributed by atoms with Crippen LogP contribution in [0.25, 0.3) is 0 Å². The van der Waals surface area contributed by atoms with E-state index in [9.17, 15) is 27.6 Å². The van der Waals surface area contributed by atoms with Crippen LogP contribution in [0.15, 0.2) is 36.5 Å². The first-order valence-electron chi connectivity index (χ1n) is 12.1. The third-order valence-corrected chi connectivity index (χ3v) is 5.57. The van der Waals surface area contributed by atoms with Crippen LogP contribution in [0.2, 0.25) is 0 Å². The largest absolute Gasteiger partial charge is 0.493 e. The lowest BCUT2D eigenvalue weighted by molar-refractivity contribution is -0.158. The number of carbonyl (C=O) groups excluding carboxylic acids is 3. The molecule has 0 aliphatic rings. The average Bonchev–Trinajstić information content (AvgIpc) is 2.86. The van der Waals surface area contributed by atoms with Gasteiger partial charge in [-0.05, 0) is 31.0 Å². The van der Waals surface area contributed by atoms with Crippen molar-refractivity contribution in [1.82, 2.24) is 4.98 Å². The first-order chi connectivity index (χ1) is 18.2. The van der Waals surface area contributed by atoms with Crippen molar-refractivity contribution in [2.45, 2.75) is 59.4 Å². The van der Waals surface area contributed by atoms with Gasteiger partial charge in [0.25, 0.3) is 0 Å². The molecule has 0 saturated heterocycles. The number of hydrogen-bond acceptors (Lipinski definition) is 9. The minimum atomic E-state index is -4.53. The van der Waals surface area contributed by atoms with E-state index in [1.807, 2.05) is 0 Å². The first-order valence-corrected chi connectivity index (χ1v) is 12.1. The second kappa shape index (κ2) is 13.8. The van der Waals surface area contributed by atoms with Gasteiger partial charge in [0.05, 0.1) is 18.6 Å². The van der Waals surface area contributed by atoms with E-state index in [2.05, 4.69) is 4.98 Å². The van der Waals surface area contributed by atoms with E-state index in [0.717, 1.165) is 12.1 Å². The summed E-state index contributed by atoms with van der Waals surface area (Å²) < 4.78 is 65.9. The van der Waals surface area contributed by atoms with Gasteiger partial charge < -0.3 is 23.7 Å². The Hall–Kier alpha value is -3.83. The molecule has 1 heterocycles. The molecular formula is C27H32F3NO8. The van der Waals surface area contributed by atoms with Gasteiger partial charge in [-0.3, -0.25) is 14.4 Å². The second-order valence-corrected chi connectivity index (χ2v) is 9.11. The number of pyridine rings is 1. The molecule has 0 N–H and O–H groups in total. The van der Waals surface area contributed by atoms with Crippen molar-refractivity contribution >= 4 is 17.7 Å². The Labute approximate surface area is 224 Å². The molecule has 0 fully saturated rings. The molecule has 9 nitrogen and oxygen atoms in total. The molecule has 214 valence electrons. The van der Waals surface area contributed by atoms with Crippen molar-refractivity contribution in [3.05, 3.63) is 47.8 Å². The fraction of sp³-hybridized carbons (Fsp3) is 0.481. The minimum Gasteiger partial charge on any atom is -0.493 e. The zero-order valence-electron chi connectivity index (χ0n) is 22.5. The number of Topliss-reactive ketones (excluding diaryl/α,β-unsaturated/α-hetero) is 1. The standard InChI is InChI=1S/C27H32F3NO8/c1-15(2)24(39-20-9-7-8-19(13-20)27(28,29)30)17(4)38-26(34)16(3)12-21(33)23-25(37-14-36-18(5)32)22(35-6)10-11-31-23/h7-11,13,15-17,24H,12,14H2,1-6H3/t16-,17+,24+/m1/s1. The number of carbonyl (C=O) groups is 3. The Morgan fingerprint density at radius 2 is 1.74 bits per heavy atom. The Morgan fingerprint density at radius 1 is 1.05 bits per heavy atom. The Bertz CT molecular complexity index is 1150. The third kappa shape index (κ3) is 9.15. The van der Waals surface area contributed by atoms with Crippen LogP contribution in [0.5, 0.6) is 17.2 Å². The molecule has 3 atom stereocenters. The Balaban J connectivity index is 2.10. The van der Waals surface area contributed by atoms with E-state index in [4.69, 9.17) is 23.7 Å². The number of halogens is 3. The summed E-state index contributed by atoms with van der Waals surface area (Å²) in [6, 6.07) is 5.89. The zero-order valence-corrected chi connectivity index (χ0v) is 22.5. The van der Waals surface area contributed by atoms with Crippen molar-refractivity contribution in [2.24, 2.45) is 11.8 Å². The molecule has 0 aliphatic carbocycles. The van der Waals surface area contributed by atoms with Gasteiger partial charge in [-0.2, -0.15) is 13.2 Å². The quantitative estimate of drug-likeness (QED) is 0.186. The molecular weight excluding hydrogens is 523 g/mol. The van der Waals surface area contributed by atoms with Gasteiger partial charge in [0, 0.05) is 25.6 Å². The molecule has 1 aromatic heterocycles. The topological polar surface area (TPSA) is 110 Å². The van der Waals surface area contributed by atoms with Crippen LogP contribution in [0.3, 0.4) is 0 Å². The Kier molecular flexibility index (Phi) is 11.1. The molecule has 2 rings (SSSR count). The molecule has 0 spiro atoms. The zero-order chi connectivity index (χ0) is 29.3. The highest BCUT2D eigenvalue weighted by atomic mass is 19.4. The van der Waals surface area contributed by atoms with Crippen molar-refractivity contribution < 1.29 is 51.2 Å². The molecule has 0 bridgehead atoms. The summed E-state index contributed by atoms with van der Waals surface area (Å²) in [5.41, 5.74) is -0.983. The highest BCUT2D eigenvalue weighted by Gasteiger charge is 2.33. The number of nitrogens with zero attached hydrogens (tertiary/aromatic N) is 1. The molecule has 0 aliphatic heterocycles.